The van der Waals surface area contributed by atoms with E-state index in [2.05, 4.69) is 16.7 Å². The lowest BCUT2D eigenvalue weighted by Gasteiger charge is -2.19. The minimum Gasteiger partial charge on any atom is -0.326 e. The largest absolute Gasteiger partial charge is 0.326 e. The van der Waals surface area contributed by atoms with Crippen molar-refractivity contribution < 1.29 is 4.79 Å². The van der Waals surface area contributed by atoms with Crippen LogP contribution in [0.25, 0.3) is 0 Å². The second kappa shape index (κ2) is 5.02. The molecular weight excluding hydrogens is 238 g/mol. The lowest BCUT2D eigenvalue weighted by molar-refractivity contribution is -0.120. The molecule has 1 aromatic carbocycles. The first-order valence-electron chi connectivity index (χ1n) is 6.79. The van der Waals surface area contributed by atoms with Crippen molar-refractivity contribution in [2.45, 2.75) is 37.8 Å². The number of benzene rings is 1. The Kier molecular flexibility index (Phi) is 3.22. The fraction of sp³-hybridized carbons (Fsp3) is 0.467. The van der Waals surface area contributed by atoms with Crippen LogP contribution < -0.4 is 10.6 Å². The van der Waals surface area contributed by atoms with Gasteiger partial charge in [-0.2, -0.15) is 5.26 Å². The number of nitrogens with one attached hydrogen (secondary N) is 2. The number of nitrogens with zero attached hydrogens (tertiary/aromatic N) is 1. The minimum absolute atomic E-state index is 0.109. The first-order valence-corrected chi connectivity index (χ1v) is 6.79. The summed E-state index contributed by atoms with van der Waals surface area (Å²) in [6.07, 6.45) is 3.69. The number of fused-ring (bicyclic) bond motifs is 2. The third-order valence-electron chi connectivity index (χ3n) is 4.14. The summed E-state index contributed by atoms with van der Waals surface area (Å²) < 4.78 is 0. The van der Waals surface area contributed by atoms with Crippen molar-refractivity contribution in [1.82, 2.24) is 5.32 Å². The van der Waals surface area contributed by atoms with E-state index in [9.17, 15) is 4.79 Å². The molecule has 4 heteroatoms. The fourth-order valence-corrected chi connectivity index (χ4v) is 3.15. The number of hydrogen-bond acceptors (Lipinski definition) is 3. The maximum absolute atomic E-state index is 12.2. The standard InChI is InChI=1S/C15H17N3O/c16-8-7-10-1-3-11(4-2-10)18-15(19)13-9-12-5-6-14(13)17-12/h1-4,12-14,17H,5-7,9H2,(H,18,19). The van der Waals surface area contributed by atoms with Crippen LogP contribution in [0.15, 0.2) is 24.3 Å². The Morgan fingerprint density at radius 2 is 2.16 bits per heavy atom. The van der Waals surface area contributed by atoms with Gasteiger partial charge in [-0.3, -0.25) is 4.79 Å². The van der Waals surface area contributed by atoms with Gasteiger partial charge in [-0.05, 0) is 37.0 Å². The zero-order valence-corrected chi connectivity index (χ0v) is 10.7. The molecule has 3 unspecified atom stereocenters. The molecule has 1 amide bonds. The predicted molar refractivity (Wildman–Crippen MR) is 72.4 cm³/mol. The van der Waals surface area contributed by atoms with Gasteiger partial charge in [0.2, 0.25) is 5.91 Å². The van der Waals surface area contributed by atoms with Gasteiger partial charge < -0.3 is 10.6 Å². The van der Waals surface area contributed by atoms with Gasteiger partial charge in [-0.15, -0.1) is 0 Å². The van der Waals surface area contributed by atoms with E-state index in [0.29, 0.717) is 18.5 Å². The van der Waals surface area contributed by atoms with Crippen molar-refractivity contribution >= 4 is 11.6 Å². The summed E-state index contributed by atoms with van der Waals surface area (Å²) in [5.41, 5.74) is 1.79. The van der Waals surface area contributed by atoms with Crippen LogP contribution in [0.4, 0.5) is 5.69 Å². The van der Waals surface area contributed by atoms with Crippen molar-refractivity contribution in [3.05, 3.63) is 29.8 Å². The van der Waals surface area contributed by atoms with E-state index in [0.717, 1.165) is 24.1 Å². The van der Waals surface area contributed by atoms with E-state index in [1.165, 1.54) is 6.42 Å². The van der Waals surface area contributed by atoms with Gasteiger partial charge in [0.1, 0.15) is 0 Å². The molecule has 2 N–H and O–H groups in total. The molecule has 0 spiro atoms. The number of amides is 1. The summed E-state index contributed by atoms with van der Waals surface area (Å²) in [5.74, 6) is 0.227. The fourth-order valence-electron chi connectivity index (χ4n) is 3.15. The number of nitriles is 1. The molecule has 3 rings (SSSR count). The minimum atomic E-state index is 0.109. The molecule has 2 bridgehead atoms. The number of hydrogen-bond donors (Lipinski definition) is 2. The van der Waals surface area contributed by atoms with Crippen LogP contribution in [-0.2, 0) is 11.2 Å². The second-order valence-electron chi connectivity index (χ2n) is 5.41. The molecule has 2 saturated heterocycles. The van der Waals surface area contributed by atoms with Crippen LogP contribution >= 0.6 is 0 Å². The highest BCUT2D eigenvalue weighted by molar-refractivity contribution is 5.93. The number of carbonyl (C=O) groups excluding carboxylic acids is 1. The highest BCUT2D eigenvalue weighted by Crippen LogP contribution is 2.33. The zero-order chi connectivity index (χ0) is 13.2. The quantitative estimate of drug-likeness (QED) is 0.866. The number of anilines is 1. The summed E-state index contributed by atoms with van der Waals surface area (Å²) in [4.78, 5) is 12.2. The predicted octanol–water partition coefficient (Wildman–Crippen LogP) is 1.83. The normalized spacial score (nSPS) is 28.1. The number of rotatable bonds is 3. The lowest BCUT2D eigenvalue weighted by Crippen LogP contribution is -2.32. The molecule has 2 fully saturated rings. The molecule has 4 nitrogen and oxygen atoms in total. The van der Waals surface area contributed by atoms with E-state index in [1.54, 1.807) is 0 Å². The third kappa shape index (κ3) is 2.47. The third-order valence-corrected chi connectivity index (χ3v) is 4.14. The summed E-state index contributed by atoms with van der Waals surface area (Å²) >= 11 is 0. The maximum atomic E-state index is 12.2. The van der Waals surface area contributed by atoms with E-state index in [4.69, 9.17) is 5.26 Å². The SMILES string of the molecule is N#CCc1ccc(NC(=O)C2CC3CCC2N3)cc1. The molecule has 2 aliphatic heterocycles. The molecular formula is C15H17N3O. The van der Waals surface area contributed by atoms with E-state index in [1.807, 2.05) is 24.3 Å². The first kappa shape index (κ1) is 12.2. The van der Waals surface area contributed by atoms with Gasteiger partial charge in [0.05, 0.1) is 18.4 Å². The van der Waals surface area contributed by atoms with E-state index in [-0.39, 0.29) is 11.8 Å². The lowest BCUT2D eigenvalue weighted by atomic mass is 9.88. The Morgan fingerprint density at radius 1 is 1.37 bits per heavy atom. The van der Waals surface area contributed by atoms with E-state index >= 15 is 0 Å². The van der Waals surface area contributed by atoms with Gasteiger partial charge in [0, 0.05) is 17.8 Å². The van der Waals surface area contributed by atoms with Crippen LogP contribution in [0.3, 0.4) is 0 Å². The molecule has 0 saturated carbocycles. The van der Waals surface area contributed by atoms with Crippen molar-refractivity contribution in [2.24, 2.45) is 5.92 Å². The Balaban J connectivity index is 1.62. The average Bonchev–Trinajstić information content (AvgIpc) is 3.04. The molecule has 0 radical (unpaired) electrons. The molecule has 2 aliphatic rings. The molecule has 3 atom stereocenters. The molecule has 0 aliphatic carbocycles. The summed E-state index contributed by atoms with van der Waals surface area (Å²) in [5, 5.41) is 15.1. The van der Waals surface area contributed by atoms with Crippen LogP contribution in [0.1, 0.15) is 24.8 Å². The molecule has 2 heterocycles. The van der Waals surface area contributed by atoms with Gasteiger partial charge in [0.25, 0.3) is 0 Å². The summed E-state index contributed by atoms with van der Waals surface area (Å²) in [7, 11) is 0. The highest BCUT2D eigenvalue weighted by Gasteiger charge is 2.42. The van der Waals surface area contributed by atoms with Gasteiger partial charge in [0.15, 0.2) is 0 Å². The van der Waals surface area contributed by atoms with Crippen molar-refractivity contribution in [2.75, 3.05) is 5.32 Å². The Labute approximate surface area is 112 Å². The Bertz CT molecular complexity index is 517. The Hall–Kier alpha value is -1.86. The molecule has 1 aromatic rings. The maximum Gasteiger partial charge on any atom is 0.229 e. The number of carbonyl (C=O) groups is 1. The van der Waals surface area contributed by atoms with Crippen LogP contribution in [0.5, 0.6) is 0 Å². The topological polar surface area (TPSA) is 64.9 Å². The molecule has 19 heavy (non-hydrogen) atoms. The van der Waals surface area contributed by atoms with E-state index < -0.39 is 0 Å². The monoisotopic (exact) mass is 255 g/mol. The Morgan fingerprint density at radius 3 is 2.74 bits per heavy atom. The second-order valence-corrected chi connectivity index (χ2v) is 5.41. The molecule has 0 aromatic heterocycles. The summed E-state index contributed by atoms with van der Waals surface area (Å²) in [6.45, 7) is 0. The average molecular weight is 255 g/mol. The zero-order valence-electron chi connectivity index (χ0n) is 10.7. The van der Waals surface area contributed by atoms with Gasteiger partial charge in [-0.1, -0.05) is 12.1 Å². The van der Waals surface area contributed by atoms with Crippen molar-refractivity contribution in [3.8, 4) is 6.07 Å². The van der Waals surface area contributed by atoms with Crippen molar-refractivity contribution in [3.63, 3.8) is 0 Å². The highest BCUT2D eigenvalue weighted by atomic mass is 16.2. The van der Waals surface area contributed by atoms with Crippen LogP contribution in [-0.4, -0.2) is 18.0 Å². The van der Waals surface area contributed by atoms with Crippen LogP contribution in [0.2, 0.25) is 0 Å². The molecule has 98 valence electrons. The van der Waals surface area contributed by atoms with Gasteiger partial charge in [-0.25, -0.2) is 0 Å². The summed E-state index contributed by atoms with van der Waals surface area (Å²) in [6, 6.07) is 10.5. The van der Waals surface area contributed by atoms with Crippen molar-refractivity contribution in [1.29, 1.82) is 5.26 Å². The first-order chi connectivity index (χ1) is 9.26. The smallest absolute Gasteiger partial charge is 0.229 e. The van der Waals surface area contributed by atoms with Gasteiger partial charge >= 0.3 is 0 Å². The van der Waals surface area contributed by atoms with Crippen LogP contribution in [0, 0.1) is 17.2 Å².